The lowest BCUT2D eigenvalue weighted by molar-refractivity contribution is 0.136. The second-order valence-corrected chi connectivity index (χ2v) is 14.7. The maximum atomic E-state index is 13.6. The summed E-state index contributed by atoms with van der Waals surface area (Å²) < 4.78 is 60.5. The van der Waals surface area contributed by atoms with Gasteiger partial charge in [0.15, 0.2) is 0 Å². The van der Waals surface area contributed by atoms with E-state index in [1.807, 2.05) is 0 Å². The lowest BCUT2D eigenvalue weighted by atomic mass is 9.70. The third kappa shape index (κ3) is 4.05. The molecule has 17 heteroatoms. The van der Waals surface area contributed by atoms with Crippen LogP contribution in [-0.4, -0.2) is 85.5 Å². The summed E-state index contributed by atoms with van der Waals surface area (Å²) in [6.45, 7) is 0.279. The number of nitrogens with zero attached hydrogens (tertiary/aromatic N) is 9. The van der Waals surface area contributed by atoms with Gasteiger partial charge < -0.3 is 0 Å². The summed E-state index contributed by atoms with van der Waals surface area (Å²) in [6.07, 6.45) is 4.14. The van der Waals surface area contributed by atoms with Gasteiger partial charge in [-0.15, -0.1) is 0 Å². The zero-order valence-electron chi connectivity index (χ0n) is 22.8. The third-order valence-electron chi connectivity index (χ3n) is 7.89. The van der Waals surface area contributed by atoms with Crippen molar-refractivity contribution in [3.63, 3.8) is 0 Å². The molecule has 15 nitrogen and oxygen atoms in total. The van der Waals surface area contributed by atoms with Gasteiger partial charge in [-0.05, 0) is 30.4 Å². The van der Waals surface area contributed by atoms with Crippen molar-refractivity contribution in [2.75, 3.05) is 28.2 Å². The fourth-order valence-corrected chi connectivity index (χ4v) is 7.56. The largest absolute Gasteiger partial charge is 0.351 e. The van der Waals surface area contributed by atoms with Gasteiger partial charge >= 0.3 is 31.8 Å². The maximum absolute atomic E-state index is 13.6. The van der Waals surface area contributed by atoms with E-state index in [-0.39, 0.29) is 19.0 Å². The average molecular weight is 604 g/mol. The molecule has 41 heavy (non-hydrogen) atoms. The molecule has 0 saturated carbocycles. The fraction of sp³-hybridized carbons (Fsp3) is 0.417. The topological polar surface area (TPSA) is 159 Å². The van der Waals surface area contributed by atoms with Crippen molar-refractivity contribution in [1.29, 1.82) is 0 Å². The Bertz CT molecular complexity index is 1980. The van der Waals surface area contributed by atoms with E-state index in [1.54, 1.807) is 30.3 Å². The van der Waals surface area contributed by atoms with E-state index in [0.717, 1.165) is 21.1 Å². The van der Waals surface area contributed by atoms with Gasteiger partial charge in [-0.1, -0.05) is 18.2 Å². The number of hydrogen-bond donors (Lipinski definition) is 0. The number of hydrogen-bond acceptors (Lipinski definition) is 8. The van der Waals surface area contributed by atoms with Crippen LogP contribution in [0.2, 0.25) is 0 Å². The molecule has 3 atom stereocenters. The van der Waals surface area contributed by atoms with E-state index >= 15 is 0 Å². The van der Waals surface area contributed by atoms with Crippen LogP contribution in [0.1, 0.15) is 23.0 Å². The zero-order valence-corrected chi connectivity index (χ0v) is 24.4. The summed E-state index contributed by atoms with van der Waals surface area (Å²) >= 11 is 0. The van der Waals surface area contributed by atoms with Crippen molar-refractivity contribution < 1.29 is 16.8 Å². The summed E-state index contributed by atoms with van der Waals surface area (Å²) in [7, 11) is -2.28. The van der Waals surface area contributed by atoms with Crippen molar-refractivity contribution in [2.24, 2.45) is 11.8 Å². The minimum Gasteiger partial charge on any atom is -0.246 e. The summed E-state index contributed by atoms with van der Waals surface area (Å²) in [4.78, 5) is 35.8. The molecule has 0 spiro atoms. The van der Waals surface area contributed by atoms with E-state index in [2.05, 4.69) is 9.97 Å². The summed E-state index contributed by atoms with van der Waals surface area (Å²) in [5, 5.41) is 0. The molecule has 0 bridgehead atoms. The van der Waals surface area contributed by atoms with Gasteiger partial charge in [0.2, 0.25) is 0 Å². The fourth-order valence-electron chi connectivity index (χ4n) is 5.79. The van der Waals surface area contributed by atoms with Crippen LogP contribution in [0.25, 0.3) is 5.69 Å². The van der Waals surface area contributed by atoms with Crippen molar-refractivity contribution in [3.05, 3.63) is 87.2 Å². The molecule has 1 aliphatic heterocycles. The molecule has 0 unspecified atom stereocenters. The summed E-state index contributed by atoms with van der Waals surface area (Å²) in [5.74, 6) is -1.35. The van der Waals surface area contributed by atoms with Crippen molar-refractivity contribution >= 4 is 20.4 Å². The van der Waals surface area contributed by atoms with Gasteiger partial charge in [0.25, 0.3) is 0 Å². The number of imidazole rings is 2. The minimum absolute atomic E-state index is 0.0865. The predicted molar refractivity (Wildman–Crippen MR) is 147 cm³/mol. The second kappa shape index (κ2) is 9.37. The molecular weight excluding hydrogens is 574 g/mol. The summed E-state index contributed by atoms with van der Waals surface area (Å²) in [5.41, 5.74) is 0.645. The molecular formula is C24H29N9O6S2. The van der Waals surface area contributed by atoms with E-state index in [1.165, 1.54) is 56.4 Å². The minimum atomic E-state index is -4.00. The van der Waals surface area contributed by atoms with Crippen LogP contribution in [0.4, 0.5) is 0 Å². The molecule has 4 aromatic rings. The lowest BCUT2D eigenvalue weighted by Gasteiger charge is -2.41. The van der Waals surface area contributed by atoms with Gasteiger partial charge in [-0.25, -0.2) is 41.4 Å². The Morgan fingerprint density at radius 2 is 1.46 bits per heavy atom. The van der Waals surface area contributed by atoms with Crippen LogP contribution in [0.5, 0.6) is 0 Å². The standard InChI is InChI=1S/C24H29N9O6S2/c1-27(2)40(36,37)29-13-20(25-14-29)21-18-12-31-24(35)33(17-8-6-5-7-9-17)23(34)30(31)11-16(18)10-19-22(21)32(15-26-19)41(38,39)28(3)4/h5-9,13-16,18,21H,10-12H2,1-4H3/t16-,18-,21-/m1/s1. The van der Waals surface area contributed by atoms with Crippen LogP contribution < -0.4 is 11.4 Å². The first-order valence-corrected chi connectivity index (χ1v) is 15.6. The van der Waals surface area contributed by atoms with Crippen LogP contribution >= 0.6 is 0 Å². The first-order valence-electron chi connectivity index (χ1n) is 12.8. The van der Waals surface area contributed by atoms with Crippen molar-refractivity contribution in [2.45, 2.75) is 25.4 Å². The second-order valence-electron chi connectivity index (χ2n) is 10.6. The number of rotatable bonds is 6. The first-order chi connectivity index (χ1) is 19.3. The lowest BCUT2D eigenvalue weighted by Crippen LogP contribution is -2.46. The Morgan fingerprint density at radius 1 is 0.829 bits per heavy atom. The smallest absolute Gasteiger partial charge is 0.246 e. The van der Waals surface area contributed by atoms with E-state index in [0.29, 0.717) is 29.2 Å². The van der Waals surface area contributed by atoms with Crippen LogP contribution in [0.15, 0.2) is 58.8 Å². The molecule has 0 amide bonds. The van der Waals surface area contributed by atoms with Crippen LogP contribution in [-0.2, 0) is 39.9 Å². The Kier molecular flexibility index (Phi) is 6.25. The summed E-state index contributed by atoms with van der Waals surface area (Å²) in [6, 6.07) is 8.62. The van der Waals surface area contributed by atoms with Crippen LogP contribution in [0.3, 0.4) is 0 Å². The maximum Gasteiger partial charge on any atom is 0.351 e. The molecule has 1 aliphatic carbocycles. The van der Waals surface area contributed by atoms with E-state index in [9.17, 15) is 26.4 Å². The van der Waals surface area contributed by atoms with Gasteiger partial charge in [0.05, 0.1) is 28.7 Å². The Morgan fingerprint density at radius 3 is 2.10 bits per heavy atom. The Labute approximate surface area is 235 Å². The molecule has 4 heterocycles. The quantitative estimate of drug-likeness (QED) is 0.275. The third-order valence-corrected chi connectivity index (χ3v) is 11.3. The molecule has 3 aromatic heterocycles. The molecule has 0 radical (unpaired) electrons. The van der Waals surface area contributed by atoms with E-state index < -0.39 is 43.6 Å². The number of benzene rings is 1. The normalized spacial score (nSPS) is 20.7. The molecule has 1 aromatic carbocycles. The molecule has 0 N–H and O–H groups in total. The number of fused-ring (bicyclic) bond motifs is 3. The van der Waals surface area contributed by atoms with Crippen molar-refractivity contribution in [3.8, 4) is 5.69 Å². The number of aromatic nitrogens is 7. The molecule has 0 fully saturated rings. The van der Waals surface area contributed by atoms with Crippen molar-refractivity contribution in [1.82, 2.24) is 40.5 Å². The highest BCUT2D eigenvalue weighted by Crippen LogP contribution is 2.46. The average Bonchev–Trinajstić information content (AvgIpc) is 3.64. The highest BCUT2D eigenvalue weighted by molar-refractivity contribution is 7.87. The Balaban J connectivity index is 1.54. The van der Waals surface area contributed by atoms with E-state index in [4.69, 9.17) is 0 Å². The molecule has 218 valence electrons. The number of para-hydroxylation sites is 1. The zero-order chi connectivity index (χ0) is 29.4. The monoisotopic (exact) mass is 603 g/mol. The molecule has 2 aliphatic rings. The SMILES string of the molecule is CN(C)S(=O)(=O)n1cnc([C@@H]2c3c(ncn3S(=O)(=O)N(C)C)C[C@@H]3Cn4c(=O)n(-c5ccccc5)c(=O)n4C[C@H]32)c1. The van der Waals surface area contributed by atoms with Gasteiger partial charge in [-0.3, -0.25) is 0 Å². The molecule has 0 saturated heterocycles. The first kappa shape index (κ1) is 27.4. The predicted octanol–water partition coefficient (Wildman–Crippen LogP) is -0.863. The van der Waals surface area contributed by atoms with Crippen LogP contribution in [0, 0.1) is 11.8 Å². The van der Waals surface area contributed by atoms with Gasteiger partial charge in [0.1, 0.15) is 12.7 Å². The highest BCUT2D eigenvalue weighted by Gasteiger charge is 2.47. The Hall–Kier alpha value is -3.80. The highest BCUT2D eigenvalue weighted by atomic mass is 32.2. The molecule has 6 rings (SSSR count). The van der Waals surface area contributed by atoms with Gasteiger partial charge in [0, 0.05) is 47.5 Å². The van der Waals surface area contributed by atoms with Gasteiger partial charge in [-0.2, -0.15) is 25.4 Å².